The van der Waals surface area contributed by atoms with Gasteiger partial charge < -0.3 is 0 Å². The second-order valence-corrected chi connectivity index (χ2v) is 6.20. The number of benzene rings is 2. The summed E-state index contributed by atoms with van der Waals surface area (Å²) in [7, 11) is 2.06. The minimum Gasteiger partial charge on any atom is -0.194 e. The predicted molar refractivity (Wildman–Crippen MR) is 97.4 cm³/mol. The van der Waals surface area contributed by atoms with Gasteiger partial charge in [-0.15, -0.1) is 0 Å². The summed E-state index contributed by atoms with van der Waals surface area (Å²) in [6.07, 6.45) is 0. The van der Waals surface area contributed by atoms with Crippen molar-refractivity contribution in [3.63, 3.8) is 0 Å². The van der Waals surface area contributed by atoms with Crippen molar-refractivity contribution in [1.82, 2.24) is 0 Å². The van der Waals surface area contributed by atoms with Gasteiger partial charge in [-0.2, -0.15) is 4.57 Å². The van der Waals surface area contributed by atoms with Crippen LogP contribution in [0.15, 0.2) is 54.6 Å². The van der Waals surface area contributed by atoms with Gasteiger partial charge in [-0.05, 0) is 56.9 Å². The molecule has 0 radical (unpaired) electrons. The third-order valence-corrected chi connectivity index (χ3v) is 4.39. The third kappa shape index (κ3) is 2.92. The van der Waals surface area contributed by atoms with Gasteiger partial charge in [0.05, 0.1) is 0 Å². The highest BCUT2D eigenvalue weighted by atomic mass is 14.9. The van der Waals surface area contributed by atoms with Gasteiger partial charge in [0, 0.05) is 27.4 Å². The zero-order valence-electron chi connectivity index (χ0n) is 17.1. The van der Waals surface area contributed by atoms with Crippen molar-refractivity contribution in [3.8, 4) is 22.5 Å². The van der Waals surface area contributed by atoms with Crippen LogP contribution < -0.4 is 4.57 Å². The van der Waals surface area contributed by atoms with Gasteiger partial charge in [0.2, 0.25) is 11.4 Å². The zero-order valence-corrected chi connectivity index (χ0v) is 14.1. The van der Waals surface area contributed by atoms with Crippen molar-refractivity contribution in [2.45, 2.75) is 27.6 Å². The molecule has 0 N–H and O–H groups in total. The number of pyridine rings is 1. The fourth-order valence-corrected chi connectivity index (χ4v) is 3.18. The van der Waals surface area contributed by atoms with Crippen LogP contribution in [-0.2, 0) is 7.05 Å². The maximum absolute atomic E-state index is 7.60. The monoisotopic (exact) mass is 305 g/mol. The minimum atomic E-state index is -2.08. The molecule has 3 aromatic rings. The molecule has 1 aromatic heterocycles. The van der Waals surface area contributed by atoms with E-state index in [0.29, 0.717) is 5.56 Å². The Hall–Kier alpha value is -2.41. The first-order valence-electron chi connectivity index (χ1n) is 9.36. The van der Waals surface area contributed by atoms with Crippen molar-refractivity contribution in [3.05, 3.63) is 76.9 Å². The summed E-state index contributed by atoms with van der Waals surface area (Å²) in [6, 6.07) is 18.1. The predicted octanol–water partition coefficient (Wildman–Crippen LogP) is 5.08. The molecule has 3 rings (SSSR count). The van der Waals surface area contributed by atoms with Crippen LogP contribution in [-0.4, -0.2) is 0 Å². The molecule has 0 atom stereocenters. The summed E-state index contributed by atoms with van der Waals surface area (Å²) < 4.78 is 25.0. The van der Waals surface area contributed by atoms with E-state index in [2.05, 4.69) is 61.9 Å². The summed E-state index contributed by atoms with van der Waals surface area (Å²) in [5, 5.41) is 0. The highest BCUT2D eigenvalue weighted by molar-refractivity contribution is 5.66. The first kappa shape index (κ1) is 12.1. The van der Waals surface area contributed by atoms with Crippen molar-refractivity contribution in [2.75, 3.05) is 0 Å². The lowest BCUT2D eigenvalue weighted by atomic mass is 9.99. The van der Waals surface area contributed by atoms with Crippen molar-refractivity contribution >= 4 is 0 Å². The second kappa shape index (κ2) is 6.00. The van der Waals surface area contributed by atoms with Gasteiger partial charge in [0.15, 0.2) is 0 Å². The van der Waals surface area contributed by atoms with Crippen LogP contribution in [0.2, 0.25) is 0 Å². The molecule has 2 aromatic carbocycles. The minimum absolute atomic E-state index is 0.381. The Morgan fingerprint density at radius 2 is 1.26 bits per heavy atom. The molecule has 0 spiro atoms. The molecule has 0 saturated carbocycles. The fourth-order valence-electron chi connectivity index (χ4n) is 3.18. The molecule has 0 unspecified atom stereocenters. The lowest BCUT2D eigenvalue weighted by molar-refractivity contribution is -0.649. The molecule has 0 aliphatic heterocycles. The van der Waals surface area contributed by atoms with Gasteiger partial charge >= 0.3 is 0 Å². The number of hydrogen-bond donors (Lipinski definition) is 0. The average molecular weight is 305 g/mol. The van der Waals surface area contributed by atoms with E-state index in [9.17, 15) is 0 Å². The molecule has 23 heavy (non-hydrogen) atoms. The molecular weight excluding hydrogens is 278 g/mol. The van der Waals surface area contributed by atoms with Crippen LogP contribution in [0.1, 0.15) is 26.4 Å². The maximum atomic E-state index is 7.60. The number of aryl methyl sites for hydroxylation is 4. The van der Waals surface area contributed by atoms with Crippen molar-refractivity contribution in [2.24, 2.45) is 7.05 Å². The molecule has 0 saturated heterocycles. The maximum Gasteiger partial charge on any atom is 0.213 e. The SMILES string of the molecule is [2H]C([2H])([2H])c1ccc(-c2cccc(-c3ccc(C)cc3C)[n+]2C)c(C)c1. The Morgan fingerprint density at radius 1 is 0.739 bits per heavy atom. The van der Waals surface area contributed by atoms with Crippen LogP contribution in [0.4, 0.5) is 0 Å². The molecule has 1 nitrogen and oxygen atoms in total. The molecule has 0 bridgehead atoms. The molecule has 1 heteroatoms. The Bertz CT molecular complexity index is 972. The van der Waals surface area contributed by atoms with Crippen LogP contribution in [0, 0.1) is 27.6 Å². The van der Waals surface area contributed by atoms with Crippen LogP contribution >= 0.6 is 0 Å². The van der Waals surface area contributed by atoms with E-state index in [-0.39, 0.29) is 0 Å². The summed E-state index contributed by atoms with van der Waals surface area (Å²) in [6.45, 7) is 4.12. The zero-order chi connectivity index (χ0) is 19.1. The van der Waals surface area contributed by atoms with Gasteiger partial charge in [-0.25, -0.2) is 0 Å². The molecule has 0 fully saturated rings. The van der Waals surface area contributed by atoms with Gasteiger partial charge in [0.25, 0.3) is 0 Å². The van der Waals surface area contributed by atoms with Crippen LogP contribution in [0.25, 0.3) is 22.5 Å². The van der Waals surface area contributed by atoms with Crippen LogP contribution in [0.5, 0.6) is 0 Å². The van der Waals surface area contributed by atoms with E-state index in [1.165, 1.54) is 16.7 Å². The fraction of sp³-hybridized carbons (Fsp3) is 0.227. The standard InChI is InChI=1S/C22H24N/c1-15-9-11-19(17(3)13-15)21-7-6-8-22(23(21)5)20-12-10-16(2)14-18(20)4/h6-14H,1-5H3/q+1/i1D3. The molecule has 0 aliphatic carbocycles. The normalized spacial score (nSPS) is 13.3. The topological polar surface area (TPSA) is 3.88 Å². The summed E-state index contributed by atoms with van der Waals surface area (Å²) in [5.41, 5.74) is 8.30. The number of rotatable bonds is 2. The molecule has 0 amide bonds. The van der Waals surface area contributed by atoms with Gasteiger partial charge in [-0.1, -0.05) is 35.4 Å². The highest BCUT2D eigenvalue weighted by Crippen LogP contribution is 2.26. The van der Waals surface area contributed by atoms with E-state index in [0.717, 1.165) is 22.5 Å². The molecule has 116 valence electrons. The molecule has 1 heterocycles. The Labute approximate surface area is 143 Å². The van der Waals surface area contributed by atoms with E-state index in [4.69, 9.17) is 4.11 Å². The lowest BCUT2D eigenvalue weighted by Gasteiger charge is -2.10. The molecular formula is C22H24N+. The van der Waals surface area contributed by atoms with Crippen molar-refractivity contribution < 1.29 is 8.68 Å². The quantitative estimate of drug-likeness (QED) is 0.581. The second-order valence-electron chi connectivity index (χ2n) is 6.20. The first-order valence-corrected chi connectivity index (χ1v) is 7.86. The Kier molecular flexibility index (Phi) is 3.15. The first-order chi connectivity index (χ1) is 12.2. The van der Waals surface area contributed by atoms with Crippen LogP contribution in [0.3, 0.4) is 0 Å². The summed E-state index contributed by atoms with van der Waals surface area (Å²) >= 11 is 0. The Balaban J connectivity index is 2.14. The number of hydrogen-bond acceptors (Lipinski definition) is 0. The smallest absolute Gasteiger partial charge is 0.194 e. The molecule has 0 aliphatic rings. The Morgan fingerprint density at radius 3 is 1.78 bits per heavy atom. The van der Waals surface area contributed by atoms with Gasteiger partial charge in [-0.3, -0.25) is 0 Å². The van der Waals surface area contributed by atoms with E-state index < -0.39 is 6.85 Å². The van der Waals surface area contributed by atoms with Crippen molar-refractivity contribution in [1.29, 1.82) is 0 Å². The van der Waals surface area contributed by atoms with Gasteiger partial charge in [0.1, 0.15) is 7.05 Å². The summed E-state index contributed by atoms with van der Waals surface area (Å²) in [5.74, 6) is 0. The average Bonchev–Trinajstić information content (AvgIpc) is 2.55. The number of aromatic nitrogens is 1. The summed E-state index contributed by atoms with van der Waals surface area (Å²) in [4.78, 5) is 0. The van der Waals surface area contributed by atoms with E-state index in [1.54, 1.807) is 12.1 Å². The lowest BCUT2D eigenvalue weighted by Crippen LogP contribution is -2.34. The van der Waals surface area contributed by atoms with E-state index in [1.807, 2.05) is 13.0 Å². The van der Waals surface area contributed by atoms with E-state index >= 15 is 0 Å². The largest absolute Gasteiger partial charge is 0.213 e. The third-order valence-electron chi connectivity index (χ3n) is 4.39. The highest BCUT2D eigenvalue weighted by Gasteiger charge is 2.18. The number of nitrogens with zero attached hydrogens (tertiary/aromatic N) is 1.